The lowest BCUT2D eigenvalue weighted by Crippen LogP contribution is -2.37. The highest BCUT2D eigenvalue weighted by Crippen LogP contribution is 2.40. The SMILES string of the molecule is Cc1cc(C2CC2)nc2nc(NC3CCN(C)CC3)nc(N)c12. The molecule has 2 aromatic heterocycles. The fraction of sp³-hybridized carbons (Fsp3) is 0.588. The fourth-order valence-corrected chi connectivity index (χ4v) is 3.36. The molecule has 0 bridgehead atoms. The van der Waals surface area contributed by atoms with Crippen LogP contribution in [-0.4, -0.2) is 46.0 Å². The maximum absolute atomic E-state index is 6.19. The molecule has 4 rings (SSSR count). The molecule has 1 aliphatic heterocycles. The number of hydrogen-bond donors (Lipinski definition) is 2. The van der Waals surface area contributed by atoms with Gasteiger partial charge in [-0.05, 0) is 64.4 Å². The van der Waals surface area contributed by atoms with Crippen LogP contribution in [0.2, 0.25) is 0 Å². The molecule has 0 amide bonds. The van der Waals surface area contributed by atoms with Crippen molar-refractivity contribution in [3.8, 4) is 0 Å². The topological polar surface area (TPSA) is 80.0 Å². The molecule has 2 aliphatic rings. The molecular weight excluding hydrogens is 288 g/mol. The van der Waals surface area contributed by atoms with Gasteiger partial charge in [0.2, 0.25) is 5.95 Å². The first kappa shape index (κ1) is 14.6. The van der Waals surface area contributed by atoms with Crippen LogP contribution in [0.3, 0.4) is 0 Å². The zero-order valence-electron chi connectivity index (χ0n) is 13.8. The minimum Gasteiger partial charge on any atom is -0.383 e. The highest BCUT2D eigenvalue weighted by atomic mass is 15.2. The molecule has 0 radical (unpaired) electrons. The van der Waals surface area contributed by atoms with Crippen molar-refractivity contribution in [1.82, 2.24) is 19.9 Å². The molecule has 122 valence electrons. The third kappa shape index (κ3) is 2.95. The summed E-state index contributed by atoms with van der Waals surface area (Å²) >= 11 is 0. The van der Waals surface area contributed by atoms with Crippen LogP contribution < -0.4 is 11.1 Å². The number of likely N-dealkylation sites (tertiary alicyclic amines) is 1. The van der Waals surface area contributed by atoms with Gasteiger partial charge in [0, 0.05) is 17.7 Å². The number of nitrogens with one attached hydrogen (secondary N) is 1. The van der Waals surface area contributed by atoms with E-state index in [1.807, 2.05) is 0 Å². The summed E-state index contributed by atoms with van der Waals surface area (Å²) < 4.78 is 0. The van der Waals surface area contributed by atoms with Gasteiger partial charge in [-0.3, -0.25) is 0 Å². The Labute approximate surface area is 136 Å². The molecule has 1 aliphatic carbocycles. The summed E-state index contributed by atoms with van der Waals surface area (Å²) in [6, 6.07) is 2.56. The predicted octanol–water partition coefficient (Wildman–Crippen LogP) is 2.30. The van der Waals surface area contributed by atoms with E-state index in [2.05, 4.69) is 40.2 Å². The van der Waals surface area contributed by atoms with Crippen molar-refractivity contribution in [3.63, 3.8) is 0 Å². The largest absolute Gasteiger partial charge is 0.383 e. The Morgan fingerprint density at radius 3 is 2.57 bits per heavy atom. The Morgan fingerprint density at radius 2 is 1.87 bits per heavy atom. The highest BCUT2D eigenvalue weighted by Gasteiger charge is 2.26. The summed E-state index contributed by atoms with van der Waals surface area (Å²) in [7, 11) is 2.16. The molecule has 0 spiro atoms. The van der Waals surface area contributed by atoms with E-state index in [1.54, 1.807) is 0 Å². The Balaban J connectivity index is 1.65. The number of nitrogens with two attached hydrogens (primary N) is 1. The molecule has 6 nitrogen and oxygen atoms in total. The van der Waals surface area contributed by atoms with Crippen LogP contribution in [0.4, 0.5) is 11.8 Å². The number of hydrogen-bond acceptors (Lipinski definition) is 6. The van der Waals surface area contributed by atoms with Gasteiger partial charge in [-0.25, -0.2) is 4.98 Å². The summed E-state index contributed by atoms with van der Waals surface area (Å²) in [5.41, 5.74) is 9.20. The van der Waals surface area contributed by atoms with Crippen molar-refractivity contribution in [1.29, 1.82) is 0 Å². The molecule has 1 saturated heterocycles. The molecule has 6 heteroatoms. The van der Waals surface area contributed by atoms with Gasteiger partial charge in [0.25, 0.3) is 0 Å². The Bertz CT molecular complexity index is 731. The molecular formula is C17H24N6. The number of nitrogen functional groups attached to an aromatic ring is 1. The van der Waals surface area contributed by atoms with E-state index in [1.165, 1.54) is 12.8 Å². The normalized spacial score (nSPS) is 20.1. The van der Waals surface area contributed by atoms with Gasteiger partial charge in [-0.2, -0.15) is 9.97 Å². The maximum atomic E-state index is 6.19. The number of pyridine rings is 1. The Morgan fingerprint density at radius 1 is 1.13 bits per heavy atom. The van der Waals surface area contributed by atoms with E-state index in [4.69, 9.17) is 10.7 Å². The van der Waals surface area contributed by atoms with Gasteiger partial charge in [0.15, 0.2) is 5.65 Å². The molecule has 2 fully saturated rings. The number of aromatic nitrogens is 3. The van der Waals surface area contributed by atoms with Gasteiger partial charge < -0.3 is 16.0 Å². The van der Waals surface area contributed by atoms with Crippen molar-refractivity contribution in [3.05, 3.63) is 17.3 Å². The maximum Gasteiger partial charge on any atom is 0.226 e. The average molecular weight is 312 g/mol. The average Bonchev–Trinajstić information content (AvgIpc) is 3.33. The highest BCUT2D eigenvalue weighted by molar-refractivity contribution is 5.89. The number of anilines is 2. The third-order valence-corrected chi connectivity index (χ3v) is 4.96. The van der Waals surface area contributed by atoms with Gasteiger partial charge >= 0.3 is 0 Å². The molecule has 1 saturated carbocycles. The van der Waals surface area contributed by atoms with Crippen LogP contribution in [0.5, 0.6) is 0 Å². The molecule has 0 aromatic carbocycles. The van der Waals surface area contributed by atoms with E-state index >= 15 is 0 Å². The summed E-state index contributed by atoms with van der Waals surface area (Å²) in [6.45, 7) is 4.27. The number of fused-ring (bicyclic) bond motifs is 1. The quantitative estimate of drug-likeness (QED) is 0.905. The van der Waals surface area contributed by atoms with Crippen molar-refractivity contribution in [2.75, 3.05) is 31.2 Å². The lowest BCUT2D eigenvalue weighted by Gasteiger charge is -2.29. The van der Waals surface area contributed by atoms with Gasteiger partial charge in [-0.1, -0.05) is 0 Å². The van der Waals surface area contributed by atoms with Crippen molar-refractivity contribution >= 4 is 22.8 Å². The third-order valence-electron chi connectivity index (χ3n) is 4.96. The zero-order valence-corrected chi connectivity index (χ0v) is 13.8. The van der Waals surface area contributed by atoms with E-state index in [9.17, 15) is 0 Å². The monoisotopic (exact) mass is 312 g/mol. The molecule has 2 aromatic rings. The fourth-order valence-electron chi connectivity index (χ4n) is 3.36. The minimum atomic E-state index is 0.413. The second-order valence-electron chi connectivity index (χ2n) is 6.99. The van der Waals surface area contributed by atoms with Crippen molar-refractivity contribution < 1.29 is 0 Å². The summed E-state index contributed by atoms with van der Waals surface area (Å²) in [4.78, 5) is 16.2. The van der Waals surface area contributed by atoms with E-state index in [0.29, 0.717) is 23.7 Å². The van der Waals surface area contributed by atoms with Crippen molar-refractivity contribution in [2.24, 2.45) is 0 Å². The first-order chi connectivity index (χ1) is 11.1. The van der Waals surface area contributed by atoms with Crippen LogP contribution >= 0.6 is 0 Å². The van der Waals surface area contributed by atoms with E-state index in [-0.39, 0.29) is 0 Å². The number of aryl methyl sites for hydroxylation is 1. The summed E-state index contributed by atoms with van der Waals surface area (Å²) in [6.07, 6.45) is 4.68. The molecule has 3 N–H and O–H groups in total. The predicted molar refractivity (Wildman–Crippen MR) is 92.6 cm³/mol. The second-order valence-corrected chi connectivity index (χ2v) is 6.99. The molecule has 0 unspecified atom stereocenters. The summed E-state index contributed by atoms with van der Waals surface area (Å²) in [5, 5.41) is 4.34. The second kappa shape index (κ2) is 5.60. The van der Waals surface area contributed by atoms with E-state index in [0.717, 1.165) is 48.2 Å². The smallest absolute Gasteiger partial charge is 0.226 e. The number of piperidine rings is 1. The lowest BCUT2D eigenvalue weighted by atomic mass is 10.1. The first-order valence-corrected chi connectivity index (χ1v) is 8.50. The lowest BCUT2D eigenvalue weighted by molar-refractivity contribution is 0.263. The first-order valence-electron chi connectivity index (χ1n) is 8.50. The zero-order chi connectivity index (χ0) is 16.0. The van der Waals surface area contributed by atoms with Crippen LogP contribution in [-0.2, 0) is 0 Å². The van der Waals surface area contributed by atoms with Gasteiger partial charge in [0.1, 0.15) is 5.82 Å². The van der Waals surface area contributed by atoms with Crippen molar-refractivity contribution in [2.45, 2.75) is 44.6 Å². The van der Waals surface area contributed by atoms with Crippen LogP contribution in [0.25, 0.3) is 11.0 Å². The molecule has 23 heavy (non-hydrogen) atoms. The molecule has 3 heterocycles. The Kier molecular flexibility index (Phi) is 3.56. The minimum absolute atomic E-state index is 0.413. The van der Waals surface area contributed by atoms with E-state index < -0.39 is 0 Å². The molecule has 0 atom stereocenters. The standard InChI is InChI=1S/C17H24N6/c1-10-9-13(11-3-4-11)20-16-14(10)15(18)21-17(22-16)19-12-5-7-23(2)8-6-12/h9,11-12H,3-8H2,1-2H3,(H3,18,19,20,21,22). The Hall–Kier alpha value is -1.95. The number of rotatable bonds is 3. The van der Waals surface area contributed by atoms with Crippen LogP contribution in [0.1, 0.15) is 42.9 Å². The summed E-state index contributed by atoms with van der Waals surface area (Å²) in [5.74, 6) is 1.75. The number of nitrogens with zero attached hydrogens (tertiary/aromatic N) is 4. The van der Waals surface area contributed by atoms with Crippen LogP contribution in [0.15, 0.2) is 6.07 Å². The van der Waals surface area contributed by atoms with Crippen LogP contribution in [0, 0.1) is 6.92 Å². The van der Waals surface area contributed by atoms with Gasteiger partial charge in [0.05, 0.1) is 5.39 Å². The van der Waals surface area contributed by atoms with Gasteiger partial charge in [-0.15, -0.1) is 0 Å².